The lowest BCUT2D eigenvalue weighted by atomic mass is 10.2. The maximum absolute atomic E-state index is 13.2. The minimum Gasteiger partial charge on any atom is -0.311 e. The minimum absolute atomic E-state index is 0.105. The molecule has 31 heavy (non-hydrogen) atoms. The lowest BCUT2D eigenvalue weighted by molar-refractivity contribution is -0.119. The molecule has 1 unspecified atom stereocenters. The SMILES string of the molecule is O=C(CN1CCCC1c1cccs1)N1CCc2cc(S(=O)(=O)N3CCCCC3)ccc21. The van der Waals surface area contributed by atoms with E-state index in [0.717, 1.165) is 49.9 Å². The van der Waals surface area contributed by atoms with Crippen LogP contribution < -0.4 is 4.90 Å². The fourth-order valence-corrected chi connectivity index (χ4v) is 7.59. The van der Waals surface area contributed by atoms with Gasteiger partial charge in [-0.1, -0.05) is 12.5 Å². The summed E-state index contributed by atoms with van der Waals surface area (Å²) >= 11 is 1.76. The summed E-state index contributed by atoms with van der Waals surface area (Å²) in [6.45, 7) is 3.19. The summed E-state index contributed by atoms with van der Waals surface area (Å²) in [6.07, 6.45) is 5.87. The average Bonchev–Trinajstić information content (AvgIpc) is 3.54. The second-order valence-corrected chi connectivity index (χ2v) is 11.6. The summed E-state index contributed by atoms with van der Waals surface area (Å²) in [7, 11) is -3.45. The van der Waals surface area contributed by atoms with Gasteiger partial charge in [0.05, 0.1) is 11.4 Å². The van der Waals surface area contributed by atoms with Crippen LogP contribution in [0.5, 0.6) is 0 Å². The largest absolute Gasteiger partial charge is 0.311 e. The van der Waals surface area contributed by atoms with Gasteiger partial charge >= 0.3 is 0 Å². The van der Waals surface area contributed by atoms with Crippen LogP contribution in [0.15, 0.2) is 40.6 Å². The van der Waals surface area contributed by atoms with Crippen LogP contribution in [0.4, 0.5) is 5.69 Å². The maximum Gasteiger partial charge on any atom is 0.243 e. The quantitative estimate of drug-likeness (QED) is 0.685. The lowest BCUT2D eigenvalue weighted by Crippen LogP contribution is -2.39. The van der Waals surface area contributed by atoms with E-state index in [1.807, 2.05) is 11.0 Å². The predicted octanol–water partition coefficient (Wildman–Crippen LogP) is 3.65. The summed E-state index contributed by atoms with van der Waals surface area (Å²) in [4.78, 5) is 19.0. The third-order valence-electron chi connectivity index (χ3n) is 6.77. The van der Waals surface area contributed by atoms with Gasteiger partial charge in [0.1, 0.15) is 0 Å². The van der Waals surface area contributed by atoms with E-state index in [4.69, 9.17) is 0 Å². The molecule has 0 spiro atoms. The average molecular weight is 460 g/mol. The molecule has 0 saturated carbocycles. The van der Waals surface area contributed by atoms with Crippen LogP contribution in [0.3, 0.4) is 0 Å². The maximum atomic E-state index is 13.2. The number of nitrogens with zero attached hydrogens (tertiary/aromatic N) is 3. The predicted molar refractivity (Wildman–Crippen MR) is 123 cm³/mol. The highest BCUT2D eigenvalue weighted by atomic mass is 32.2. The Morgan fingerprint density at radius 1 is 1.03 bits per heavy atom. The Kier molecular flexibility index (Phi) is 5.90. The van der Waals surface area contributed by atoms with E-state index in [1.54, 1.807) is 27.8 Å². The third-order valence-corrected chi connectivity index (χ3v) is 9.64. The van der Waals surface area contributed by atoms with Gasteiger partial charge in [-0.05, 0) is 73.9 Å². The van der Waals surface area contributed by atoms with Crippen LogP contribution >= 0.6 is 11.3 Å². The van der Waals surface area contributed by atoms with Crippen LogP contribution in [0.25, 0.3) is 0 Å². The van der Waals surface area contributed by atoms with Crippen LogP contribution in [0, 0.1) is 0 Å². The molecule has 0 bridgehead atoms. The van der Waals surface area contributed by atoms with Crippen molar-refractivity contribution in [3.05, 3.63) is 46.2 Å². The van der Waals surface area contributed by atoms with Gasteiger partial charge in [0.15, 0.2) is 0 Å². The minimum atomic E-state index is -3.45. The molecule has 1 aromatic carbocycles. The molecule has 6 nitrogen and oxygen atoms in total. The number of amides is 1. The summed E-state index contributed by atoms with van der Waals surface area (Å²) in [5, 5.41) is 2.10. The van der Waals surface area contributed by atoms with Crippen molar-refractivity contribution in [2.45, 2.75) is 49.5 Å². The van der Waals surface area contributed by atoms with Gasteiger partial charge < -0.3 is 4.90 Å². The Bertz CT molecular complexity index is 1050. The number of hydrogen-bond acceptors (Lipinski definition) is 5. The number of piperidine rings is 1. The first-order chi connectivity index (χ1) is 15.0. The van der Waals surface area contributed by atoms with Crippen molar-refractivity contribution in [2.24, 2.45) is 0 Å². The van der Waals surface area contributed by atoms with Gasteiger partial charge in [0, 0.05) is 36.2 Å². The van der Waals surface area contributed by atoms with Gasteiger partial charge in [-0.2, -0.15) is 4.31 Å². The topological polar surface area (TPSA) is 60.9 Å². The summed E-state index contributed by atoms with van der Waals surface area (Å²) in [5.41, 5.74) is 1.83. The number of anilines is 1. The molecule has 2 aromatic rings. The highest BCUT2D eigenvalue weighted by molar-refractivity contribution is 7.89. The number of thiophene rings is 1. The number of benzene rings is 1. The van der Waals surface area contributed by atoms with Crippen molar-refractivity contribution < 1.29 is 13.2 Å². The molecule has 2 saturated heterocycles. The van der Waals surface area contributed by atoms with Crippen molar-refractivity contribution in [3.63, 3.8) is 0 Å². The molecule has 0 aliphatic carbocycles. The van der Waals surface area contributed by atoms with Crippen LogP contribution in [0.1, 0.15) is 48.6 Å². The van der Waals surface area contributed by atoms with Gasteiger partial charge in [0.2, 0.25) is 15.9 Å². The number of rotatable bonds is 5. The zero-order chi connectivity index (χ0) is 21.4. The van der Waals surface area contributed by atoms with Crippen molar-refractivity contribution in [1.29, 1.82) is 0 Å². The monoisotopic (exact) mass is 459 g/mol. The van der Waals surface area contributed by atoms with E-state index >= 15 is 0 Å². The van der Waals surface area contributed by atoms with Crippen molar-refractivity contribution in [1.82, 2.24) is 9.21 Å². The van der Waals surface area contributed by atoms with Gasteiger partial charge in [-0.3, -0.25) is 9.69 Å². The number of fused-ring (bicyclic) bond motifs is 1. The molecule has 2 fully saturated rings. The zero-order valence-corrected chi connectivity index (χ0v) is 19.3. The summed E-state index contributed by atoms with van der Waals surface area (Å²) in [6, 6.07) is 9.87. The fraction of sp³-hybridized carbons (Fsp3) is 0.522. The molecular formula is C23H29N3O3S2. The molecule has 3 aliphatic heterocycles. The first kappa shape index (κ1) is 21.1. The van der Waals surface area contributed by atoms with Gasteiger partial charge in [-0.25, -0.2) is 8.42 Å². The van der Waals surface area contributed by atoms with Crippen LogP contribution in [-0.4, -0.2) is 56.3 Å². The Labute approximate surface area is 188 Å². The normalized spacial score (nSPS) is 22.7. The van der Waals surface area contributed by atoms with Crippen LogP contribution in [-0.2, 0) is 21.2 Å². The highest BCUT2D eigenvalue weighted by Gasteiger charge is 2.33. The van der Waals surface area contributed by atoms with Crippen molar-refractivity contribution in [2.75, 3.05) is 37.6 Å². The standard InChI is InChI=1S/C23H29N3O3S2/c27-23(17-24-11-4-6-21(24)22-7-5-15-30-22)26-14-10-18-16-19(8-9-20(18)26)31(28,29)25-12-2-1-3-13-25/h5,7-9,15-16,21H,1-4,6,10-14,17H2. The molecular weight excluding hydrogens is 430 g/mol. The molecule has 166 valence electrons. The van der Waals surface area contributed by atoms with Crippen molar-refractivity contribution >= 4 is 33.0 Å². The second-order valence-electron chi connectivity index (χ2n) is 8.69. The number of carbonyl (C=O) groups is 1. The van der Waals surface area contributed by atoms with E-state index in [2.05, 4.69) is 22.4 Å². The molecule has 3 aliphatic rings. The second kappa shape index (κ2) is 8.65. The summed E-state index contributed by atoms with van der Waals surface area (Å²) in [5.74, 6) is 0.105. The van der Waals surface area contributed by atoms with E-state index in [0.29, 0.717) is 43.5 Å². The highest BCUT2D eigenvalue weighted by Crippen LogP contribution is 2.36. The molecule has 1 amide bonds. The fourth-order valence-electron chi connectivity index (χ4n) is 5.13. The zero-order valence-electron chi connectivity index (χ0n) is 17.7. The molecule has 8 heteroatoms. The number of hydrogen-bond donors (Lipinski definition) is 0. The molecule has 0 N–H and O–H groups in total. The summed E-state index contributed by atoms with van der Waals surface area (Å²) < 4.78 is 27.6. The number of sulfonamides is 1. The van der Waals surface area contributed by atoms with E-state index in [9.17, 15) is 13.2 Å². The first-order valence-electron chi connectivity index (χ1n) is 11.2. The van der Waals surface area contributed by atoms with E-state index < -0.39 is 10.0 Å². The Hall–Kier alpha value is -1.74. The lowest BCUT2D eigenvalue weighted by Gasteiger charge is -2.27. The molecule has 1 atom stereocenters. The smallest absolute Gasteiger partial charge is 0.243 e. The first-order valence-corrected chi connectivity index (χ1v) is 13.6. The number of likely N-dealkylation sites (tertiary alicyclic amines) is 1. The Morgan fingerprint density at radius 2 is 1.87 bits per heavy atom. The van der Waals surface area contributed by atoms with Gasteiger partial charge in [0.25, 0.3) is 0 Å². The molecule has 4 heterocycles. The van der Waals surface area contributed by atoms with Gasteiger partial charge in [-0.15, -0.1) is 11.3 Å². The van der Waals surface area contributed by atoms with E-state index in [1.165, 1.54) is 4.88 Å². The molecule has 1 aromatic heterocycles. The molecule has 0 radical (unpaired) electrons. The van der Waals surface area contributed by atoms with Crippen LogP contribution in [0.2, 0.25) is 0 Å². The van der Waals surface area contributed by atoms with E-state index in [-0.39, 0.29) is 5.91 Å². The number of carbonyl (C=O) groups excluding carboxylic acids is 1. The third kappa shape index (κ3) is 4.06. The Balaban J connectivity index is 1.31. The molecule has 5 rings (SSSR count). The Morgan fingerprint density at radius 3 is 2.65 bits per heavy atom. The van der Waals surface area contributed by atoms with Crippen molar-refractivity contribution in [3.8, 4) is 0 Å².